The molecule has 20 heavy (non-hydrogen) atoms. The van der Waals surface area contributed by atoms with Crippen LogP contribution in [0.5, 0.6) is 0 Å². The van der Waals surface area contributed by atoms with Crippen molar-refractivity contribution in [3.05, 3.63) is 27.7 Å². The molecule has 0 atom stereocenters. The summed E-state index contributed by atoms with van der Waals surface area (Å²) in [4.78, 5) is 14.1. The van der Waals surface area contributed by atoms with Crippen molar-refractivity contribution in [1.82, 2.24) is 9.78 Å². The molecule has 0 saturated carbocycles. The van der Waals surface area contributed by atoms with E-state index in [0.717, 1.165) is 0 Å². The molecular weight excluding hydrogens is 258 g/mol. The molecule has 0 amide bonds. The maximum Gasteiger partial charge on any atom is 0.275 e. The number of nitrogens with zero attached hydrogens (tertiary/aromatic N) is 5. The van der Waals surface area contributed by atoms with Crippen molar-refractivity contribution in [3.63, 3.8) is 0 Å². The SMILES string of the molecule is Cn1ncc(N2CCOCC2)c(C=C(C#N)C#N)c1=O. The van der Waals surface area contributed by atoms with Crippen LogP contribution in [0.4, 0.5) is 5.69 Å². The molecule has 102 valence electrons. The fourth-order valence-corrected chi connectivity index (χ4v) is 1.97. The Morgan fingerprint density at radius 1 is 1.40 bits per heavy atom. The minimum atomic E-state index is -0.336. The lowest BCUT2D eigenvalue weighted by molar-refractivity contribution is 0.122. The first-order chi connectivity index (χ1) is 9.67. The van der Waals surface area contributed by atoms with Gasteiger partial charge >= 0.3 is 0 Å². The molecule has 1 saturated heterocycles. The van der Waals surface area contributed by atoms with Gasteiger partial charge < -0.3 is 9.64 Å². The molecular formula is C13H13N5O2. The Morgan fingerprint density at radius 3 is 2.65 bits per heavy atom. The maximum absolute atomic E-state index is 12.2. The number of aromatic nitrogens is 2. The Balaban J connectivity index is 2.55. The summed E-state index contributed by atoms with van der Waals surface area (Å²) in [6.45, 7) is 2.43. The second kappa shape index (κ2) is 6.00. The van der Waals surface area contributed by atoms with E-state index in [-0.39, 0.29) is 11.1 Å². The molecule has 0 radical (unpaired) electrons. The predicted octanol–water partition coefficient (Wildman–Crippen LogP) is 0.0475. The van der Waals surface area contributed by atoms with E-state index in [1.54, 1.807) is 18.3 Å². The van der Waals surface area contributed by atoms with Gasteiger partial charge in [-0.2, -0.15) is 15.6 Å². The van der Waals surface area contributed by atoms with Crippen molar-refractivity contribution in [3.8, 4) is 12.1 Å². The first kappa shape index (κ1) is 13.8. The number of anilines is 1. The second-order valence-corrected chi connectivity index (χ2v) is 4.25. The first-order valence-electron chi connectivity index (χ1n) is 6.08. The molecule has 2 rings (SSSR count). The summed E-state index contributed by atoms with van der Waals surface area (Å²) in [6.07, 6.45) is 2.89. The van der Waals surface area contributed by atoms with Crippen LogP contribution in [0.1, 0.15) is 5.56 Å². The highest BCUT2D eigenvalue weighted by Gasteiger charge is 2.17. The predicted molar refractivity (Wildman–Crippen MR) is 71.7 cm³/mol. The molecule has 0 aromatic carbocycles. The third kappa shape index (κ3) is 2.68. The van der Waals surface area contributed by atoms with Gasteiger partial charge in [0, 0.05) is 20.1 Å². The lowest BCUT2D eigenvalue weighted by Gasteiger charge is -2.29. The highest BCUT2D eigenvalue weighted by atomic mass is 16.5. The van der Waals surface area contributed by atoms with Gasteiger partial charge in [-0.05, 0) is 6.08 Å². The highest BCUT2D eigenvalue weighted by Crippen LogP contribution is 2.19. The molecule has 2 heterocycles. The number of ether oxygens (including phenoxy) is 1. The number of hydrogen-bond acceptors (Lipinski definition) is 6. The number of rotatable bonds is 2. The summed E-state index contributed by atoms with van der Waals surface area (Å²) >= 11 is 0. The molecule has 1 aliphatic rings. The zero-order chi connectivity index (χ0) is 14.5. The van der Waals surface area contributed by atoms with Gasteiger partial charge in [-0.15, -0.1) is 0 Å². The standard InChI is InChI=1S/C13H13N5O2/c1-17-13(19)11(6-10(7-14)8-15)12(9-16-17)18-2-4-20-5-3-18/h6,9H,2-5H2,1H3. The number of allylic oxidation sites excluding steroid dienone is 1. The number of aryl methyl sites for hydroxylation is 1. The lowest BCUT2D eigenvalue weighted by Crippen LogP contribution is -2.38. The third-order valence-electron chi connectivity index (χ3n) is 3.03. The van der Waals surface area contributed by atoms with E-state index in [0.29, 0.717) is 37.6 Å². The zero-order valence-corrected chi connectivity index (χ0v) is 11.0. The number of hydrogen-bond donors (Lipinski definition) is 0. The van der Waals surface area contributed by atoms with E-state index in [1.165, 1.54) is 17.8 Å². The summed E-state index contributed by atoms with van der Waals surface area (Å²) in [5.74, 6) is 0. The van der Waals surface area contributed by atoms with E-state index in [9.17, 15) is 4.79 Å². The summed E-state index contributed by atoms with van der Waals surface area (Å²) in [6, 6.07) is 3.53. The van der Waals surface area contributed by atoms with Crippen molar-refractivity contribution in [2.45, 2.75) is 0 Å². The average molecular weight is 271 g/mol. The topological polar surface area (TPSA) is 94.9 Å². The molecule has 1 fully saturated rings. The van der Waals surface area contributed by atoms with Gasteiger partial charge in [0.2, 0.25) is 0 Å². The summed E-state index contributed by atoms with van der Waals surface area (Å²) in [5.41, 5.74) is 0.488. The van der Waals surface area contributed by atoms with Crippen LogP contribution in [-0.2, 0) is 11.8 Å². The Morgan fingerprint density at radius 2 is 2.05 bits per heavy atom. The van der Waals surface area contributed by atoms with E-state index >= 15 is 0 Å². The maximum atomic E-state index is 12.2. The minimum absolute atomic E-state index is 0.109. The molecule has 1 aromatic heterocycles. The largest absolute Gasteiger partial charge is 0.378 e. The van der Waals surface area contributed by atoms with Crippen LogP contribution >= 0.6 is 0 Å². The highest BCUT2D eigenvalue weighted by molar-refractivity contribution is 5.71. The van der Waals surface area contributed by atoms with Gasteiger partial charge in [-0.25, -0.2) is 4.68 Å². The molecule has 0 bridgehead atoms. The van der Waals surface area contributed by atoms with Gasteiger partial charge in [0.15, 0.2) is 0 Å². The normalized spacial score (nSPS) is 14.2. The third-order valence-corrected chi connectivity index (χ3v) is 3.03. The lowest BCUT2D eigenvalue weighted by atomic mass is 10.1. The molecule has 1 aromatic rings. The van der Waals surface area contributed by atoms with Gasteiger partial charge in [0.1, 0.15) is 17.7 Å². The van der Waals surface area contributed by atoms with Crippen LogP contribution in [0.15, 0.2) is 16.6 Å². The van der Waals surface area contributed by atoms with Crippen molar-refractivity contribution < 1.29 is 4.74 Å². The van der Waals surface area contributed by atoms with Crippen LogP contribution < -0.4 is 10.5 Å². The molecule has 1 aliphatic heterocycles. The van der Waals surface area contributed by atoms with Crippen LogP contribution in [0.3, 0.4) is 0 Å². The Hall–Kier alpha value is -2.64. The Bertz CT molecular complexity index is 655. The van der Waals surface area contributed by atoms with Gasteiger partial charge in [-0.1, -0.05) is 0 Å². The fraction of sp³-hybridized carbons (Fsp3) is 0.385. The quantitative estimate of drug-likeness (QED) is 0.705. The van der Waals surface area contributed by atoms with Crippen LogP contribution in [0.25, 0.3) is 6.08 Å². The van der Waals surface area contributed by atoms with Gasteiger partial charge in [-0.3, -0.25) is 4.79 Å². The van der Waals surface area contributed by atoms with Crippen molar-refractivity contribution in [1.29, 1.82) is 10.5 Å². The van der Waals surface area contributed by atoms with E-state index in [1.807, 2.05) is 4.90 Å². The average Bonchev–Trinajstić information content (AvgIpc) is 2.49. The Kier molecular flexibility index (Phi) is 4.14. The number of nitriles is 2. The van der Waals surface area contributed by atoms with Crippen molar-refractivity contribution in [2.24, 2.45) is 7.05 Å². The van der Waals surface area contributed by atoms with Crippen molar-refractivity contribution in [2.75, 3.05) is 31.2 Å². The molecule has 7 nitrogen and oxygen atoms in total. The smallest absolute Gasteiger partial charge is 0.275 e. The molecule has 0 aliphatic carbocycles. The van der Waals surface area contributed by atoms with Crippen molar-refractivity contribution >= 4 is 11.8 Å². The molecule has 0 spiro atoms. The summed E-state index contributed by atoms with van der Waals surface area (Å²) < 4.78 is 6.46. The van der Waals surface area contributed by atoms with E-state index in [2.05, 4.69) is 5.10 Å². The zero-order valence-electron chi connectivity index (χ0n) is 11.0. The second-order valence-electron chi connectivity index (χ2n) is 4.25. The van der Waals surface area contributed by atoms with E-state index in [4.69, 9.17) is 15.3 Å². The van der Waals surface area contributed by atoms with Crippen LogP contribution in [-0.4, -0.2) is 36.1 Å². The van der Waals surface area contributed by atoms with Gasteiger partial charge in [0.25, 0.3) is 5.56 Å². The molecule has 0 N–H and O–H groups in total. The number of morpholine rings is 1. The van der Waals surface area contributed by atoms with Crippen LogP contribution in [0, 0.1) is 22.7 Å². The molecule has 7 heteroatoms. The van der Waals surface area contributed by atoms with Gasteiger partial charge in [0.05, 0.1) is 30.7 Å². The van der Waals surface area contributed by atoms with E-state index < -0.39 is 0 Å². The first-order valence-corrected chi connectivity index (χ1v) is 6.08. The Labute approximate surface area is 115 Å². The fourth-order valence-electron chi connectivity index (χ4n) is 1.97. The minimum Gasteiger partial charge on any atom is -0.378 e. The van der Waals surface area contributed by atoms with Crippen LogP contribution in [0.2, 0.25) is 0 Å². The monoisotopic (exact) mass is 271 g/mol. The molecule has 0 unspecified atom stereocenters. The summed E-state index contributed by atoms with van der Waals surface area (Å²) in [7, 11) is 1.53. The summed E-state index contributed by atoms with van der Waals surface area (Å²) in [5, 5.41) is 21.7.